The van der Waals surface area contributed by atoms with Crippen molar-refractivity contribution in [1.82, 2.24) is 10.3 Å². The molecule has 1 aromatic rings. The molecule has 0 bridgehead atoms. The molecule has 1 unspecified atom stereocenters. The first kappa shape index (κ1) is 11.6. The molecule has 1 aliphatic rings. The van der Waals surface area contributed by atoms with Gasteiger partial charge in [0, 0.05) is 18.3 Å². The van der Waals surface area contributed by atoms with Gasteiger partial charge < -0.3 is 10.4 Å². The van der Waals surface area contributed by atoms with Gasteiger partial charge in [-0.3, -0.25) is 4.98 Å². The first-order chi connectivity index (χ1) is 7.75. The van der Waals surface area contributed by atoms with Crippen LogP contribution in [0.15, 0.2) is 24.4 Å². The van der Waals surface area contributed by atoms with Gasteiger partial charge in [0.25, 0.3) is 0 Å². The van der Waals surface area contributed by atoms with Crippen LogP contribution in [0.3, 0.4) is 0 Å². The Morgan fingerprint density at radius 3 is 2.69 bits per heavy atom. The van der Waals surface area contributed by atoms with Crippen LogP contribution < -0.4 is 5.32 Å². The van der Waals surface area contributed by atoms with Crippen molar-refractivity contribution in [3.63, 3.8) is 0 Å². The molecule has 1 atom stereocenters. The molecule has 0 amide bonds. The van der Waals surface area contributed by atoms with E-state index in [0.717, 1.165) is 31.4 Å². The molecule has 0 radical (unpaired) electrons. The first-order valence-electron chi connectivity index (χ1n) is 6.11. The van der Waals surface area contributed by atoms with Gasteiger partial charge in [-0.2, -0.15) is 0 Å². The molecular weight excluding hydrogens is 200 g/mol. The van der Waals surface area contributed by atoms with E-state index in [9.17, 15) is 5.11 Å². The Labute approximate surface area is 96.9 Å². The molecule has 2 N–H and O–H groups in total. The molecule has 3 heteroatoms. The molecule has 1 aliphatic carbocycles. The summed E-state index contributed by atoms with van der Waals surface area (Å²) >= 11 is 0. The van der Waals surface area contributed by atoms with Crippen LogP contribution in [0.2, 0.25) is 0 Å². The van der Waals surface area contributed by atoms with Crippen molar-refractivity contribution < 1.29 is 5.11 Å². The van der Waals surface area contributed by atoms with Crippen LogP contribution in [-0.4, -0.2) is 22.2 Å². The van der Waals surface area contributed by atoms with Crippen molar-refractivity contribution >= 4 is 0 Å². The number of pyridine rings is 1. The van der Waals surface area contributed by atoms with Crippen LogP contribution in [0.1, 0.15) is 44.3 Å². The molecule has 1 aromatic heterocycles. The summed E-state index contributed by atoms with van der Waals surface area (Å²) in [6.07, 6.45) is 5.73. The fraction of sp³-hybridized carbons (Fsp3) is 0.615. The van der Waals surface area contributed by atoms with Crippen molar-refractivity contribution in [2.75, 3.05) is 0 Å². The zero-order chi connectivity index (χ0) is 11.4. The van der Waals surface area contributed by atoms with Gasteiger partial charge in [0.15, 0.2) is 0 Å². The summed E-state index contributed by atoms with van der Waals surface area (Å²) < 4.78 is 0. The summed E-state index contributed by atoms with van der Waals surface area (Å²) in [5.74, 6) is 0. The quantitative estimate of drug-likeness (QED) is 0.819. The third-order valence-corrected chi connectivity index (χ3v) is 3.31. The van der Waals surface area contributed by atoms with E-state index in [4.69, 9.17) is 0 Å². The van der Waals surface area contributed by atoms with E-state index < -0.39 is 0 Å². The number of hydrogen-bond donors (Lipinski definition) is 2. The molecule has 88 valence electrons. The number of aliphatic hydroxyl groups is 1. The summed E-state index contributed by atoms with van der Waals surface area (Å²) in [5.41, 5.74) is 1.09. The highest BCUT2D eigenvalue weighted by Crippen LogP contribution is 2.21. The second-order valence-electron chi connectivity index (χ2n) is 4.65. The number of aliphatic hydroxyl groups excluding tert-OH is 1. The largest absolute Gasteiger partial charge is 0.393 e. The third-order valence-electron chi connectivity index (χ3n) is 3.31. The van der Waals surface area contributed by atoms with Gasteiger partial charge >= 0.3 is 0 Å². The van der Waals surface area contributed by atoms with Crippen molar-refractivity contribution in [3.8, 4) is 0 Å². The van der Waals surface area contributed by atoms with Crippen molar-refractivity contribution in [2.45, 2.75) is 50.8 Å². The Balaban J connectivity index is 1.86. The lowest BCUT2D eigenvalue weighted by atomic mass is 9.92. The van der Waals surface area contributed by atoms with Gasteiger partial charge in [-0.25, -0.2) is 0 Å². The van der Waals surface area contributed by atoms with Gasteiger partial charge in [0.2, 0.25) is 0 Å². The molecule has 16 heavy (non-hydrogen) atoms. The highest BCUT2D eigenvalue weighted by atomic mass is 16.3. The monoisotopic (exact) mass is 220 g/mol. The number of nitrogens with zero attached hydrogens (tertiary/aromatic N) is 1. The van der Waals surface area contributed by atoms with E-state index in [2.05, 4.69) is 23.3 Å². The zero-order valence-electron chi connectivity index (χ0n) is 9.76. The molecule has 0 saturated heterocycles. The maximum atomic E-state index is 9.44. The van der Waals surface area contributed by atoms with Gasteiger partial charge in [-0.05, 0) is 44.7 Å². The minimum absolute atomic E-state index is 0.0804. The molecule has 1 saturated carbocycles. The Bertz CT molecular complexity index is 307. The van der Waals surface area contributed by atoms with Crippen molar-refractivity contribution in [3.05, 3.63) is 30.1 Å². The normalized spacial score (nSPS) is 27.6. The molecule has 1 fully saturated rings. The summed E-state index contributed by atoms with van der Waals surface area (Å²) in [6, 6.07) is 6.83. The second kappa shape index (κ2) is 5.41. The Kier molecular flexibility index (Phi) is 3.91. The minimum Gasteiger partial charge on any atom is -0.393 e. The summed E-state index contributed by atoms with van der Waals surface area (Å²) in [6.45, 7) is 2.15. The Morgan fingerprint density at radius 1 is 1.31 bits per heavy atom. The summed E-state index contributed by atoms with van der Waals surface area (Å²) in [4.78, 5) is 4.35. The van der Waals surface area contributed by atoms with Gasteiger partial charge in [0.05, 0.1) is 11.8 Å². The standard InChI is InChI=1S/C13H20N2O/c1-10(13-4-2-3-9-14-13)15-11-5-7-12(16)8-6-11/h2-4,9-12,15-16H,5-8H2,1H3. The second-order valence-corrected chi connectivity index (χ2v) is 4.65. The number of rotatable bonds is 3. The third kappa shape index (κ3) is 3.03. The van der Waals surface area contributed by atoms with Crippen LogP contribution in [0.4, 0.5) is 0 Å². The van der Waals surface area contributed by atoms with Crippen LogP contribution >= 0.6 is 0 Å². The highest BCUT2D eigenvalue weighted by molar-refractivity contribution is 5.07. The van der Waals surface area contributed by atoms with E-state index in [0.29, 0.717) is 12.1 Å². The average Bonchev–Trinajstić information content (AvgIpc) is 2.33. The van der Waals surface area contributed by atoms with Crippen LogP contribution in [0.25, 0.3) is 0 Å². The summed E-state index contributed by atoms with van der Waals surface area (Å²) in [5, 5.41) is 13.0. The van der Waals surface area contributed by atoms with Crippen LogP contribution in [0, 0.1) is 0 Å². The molecule has 2 rings (SSSR count). The smallest absolute Gasteiger partial charge is 0.0570 e. The minimum atomic E-state index is -0.0804. The first-order valence-corrected chi connectivity index (χ1v) is 6.11. The maximum Gasteiger partial charge on any atom is 0.0570 e. The average molecular weight is 220 g/mol. The summed E-state index contributed by atoms with van der Waals surface area (Å²) in [7, 11) is 0. The topological polar surface area (TPSA) is 45.1 Å². The lowest BCUT2D eigenvalue weighted by molar-refractivity contribution is 0.114. The Morgan fingerprint density at radius 2 is 2.06 bits per heavy atom. The predicted octanol–water partition coefficient (Wildman–Crippen LogP) is 2.04. The lowest BCUT2D eigenvalue weighted by Gasteiger charge is -2.28. The van der Waals surface area contributed by atoms with Crippen LogP contribution in [-0.2, 0) is 0 Å². The fourth-order valence-electron chi connectivity index (χ4n) is 2.31. The van der Waals surface area contributed by atoms with Gasteiger partial charge in [-0.15, -0.1) is 0 Å². The Hall–Kier alpha value is -0.930. The number of hydrogen-bond acceptors (Lipinski definition) is 3. The number of aromatic nitrogens is 1. The predicted molar refractivity (Wildman–Crippen MR) is 64.1 cm³/mol. The van der Waals surface area contributed by atoms with E-state index in [1.807, 2.05) is 18.3 Å². The van der Waals surface area contributed by atoms with Gasteiger partial charge in [0.1, 0.15) is 0 Å². The molecular formula is C13H20N2O. The lowest BCUT2D eigenvalue weighted by Crippen LogP contribution is -2.36. The van der Waals surface area contributed by atoms with Gasteiger partial charge in [-0.1, -0.05) is 6.07 Å². The van der Waals surface area contributed by atoms with E-state index in [1.54, 1.807) is 0 Å². The number of nitrogens with one attached hydrogen (secondary N) is 1. The fourth-order valence-corrected chi connectivity index (χ4v) is 2.31. The SMILES string of the molecule is CC(NC1CCC(O)CC1)c1ccccn1. The zero-order valence-corrected chi connectivity index (χ0v) is 9.76. The van der Waals surface area contributed by atoms with Crippen molar-refractivity contribution in [2.24, 2.45) is 0 Å². The van der Waals surface area contributed by atoms with E-state index >= 15 is 0 Å². The van der Waals surface area contributed by atoms with Crippen molar-refractivity contribution in [1.29, 1.82) is 0 Å². The molecule has 3 nitrogen and oxygen atoms in total. The highest BCUT2D eigenvalue weighted by Gasteiger charge is 2.20. The molecule has 0 spiro atoms. The molecule has 0 aromatic carbocycles. The molecule has 1 heterocycles. The maximum absolute atomic E-state index is 9.44. The van der Waals surface area contributed by atoms with Crippen LogP contribution in [0.5, 0.6) is 0 Å². The molecule has 0 aliphatic heterocycles. The van der Waals surface area contributed by atoms with E-state index in [1.165, 1.54) is 0 Å². The van der Waals surface area contributed by atoms with E-state index in [-0.39, 0.29) is 6.10 Å².